The minimum atomic E-state index is -3.49. The van der Waals surface area contributed by atoms with Crippen LogP contribution in [0.25, 0.3) is 11.0 Å². The monoisotopic (exact) mass is 479 g/mol. The second-order valence-electron chi connectivity index (χ2n) is 8.06. The molecule has 1 fully saturated rings. The second-order valence-corrected chi connectivity index (χ2v) is 10.5. The molecule has 9 nitrogen and oxygen atoms in total. The van der Waals surface area contributed by atoms with E-state index in [1.807, 2.05) is 13.0 Å². The Labute approximate surface area is 191 Å². The molecule has 11 heteroatoms. The molecule has 0 aliphatic carbocycles. The molecule has 0 bridgehead atoms. The van der Waals surface area contributed by atoms with Crippen molar-refractivity contribution in [1.82, 2.24) is 14.3 Å². The Morgan fingerprint density at radius 2 is 2.00 bits per heavy atom. The largest absolute Gasteiger partial charge is 0.357 e. The van der Waals surface area contributed by atoms with Gasteiger partial charge in [-0.15, -0.1) is 0 Å². The summed E-state index contributed by atoms with van der Waals surface area (Å²) in [4.78, 5) is 17.6. The lowest BCUT2D eigenvalue weighted by Gasteiger charge is -2.25. The SMILES string of the molecule is Cc1ccc(Nc2cc(Cl)nc3c2c(=O)n(C)n3C2CCCCO2)c(N(C)S(C)(=O)=O)c1. The van der Waals surface area contributed by atoms with Crippen molar-refractivity contribution in [3.05, 3.63) is 45.3 Å². The van der Waals surface area contributed by atoms with Gasteiger partial charge < -0.3 is 10.1 Å². The summed E-state index contributed by atoms with van der Waals surface area (Å²) in [5.74, 6) is 0. The van der Waals surface area contributed by atoms with E-state index in [1.165, 1.54) is 16.0 Å². The van der Waals surface area contributed by atoms with E-state index in [0.717, 1.165) is 31.1 Å². The van der Waals surface area contributed by atoms with Crippen LogP contribution in [0.3, 0.4) is 0 Å². The molecule has 0 spiro atoms. The van der Waals surface area contributed by atoms with Crippen molar-refractivity contribution in [2.24, 2.45) is 7.05 Å². The highest BCUT2D eigenvalue weighted by Crippen LogP contribution is 2.34. The first-order chi connectivity index (χ1) is 15.1. The van der Waals surface area contributed by atoms with Crippen molar-refractivity contribution in [2.45, 2.75) is 32.4 Å². The molecule has 1 aliphatic rings. The molecule has 1 unspecified atom stereocenters. The third-order valence-corrected chi connectivity index (χ3v) is 7.09. The van der Waals surface area contributed by atoms with Crippen LogP contribution in [-0.2, 0) is 21.8 Å². The van der Waals surface area contributed by atoms with Crippen LogP contribution >= 0.6 is 11.6 Å². The minimum absolute atomic E-state index is 0.209. The van der Waals surface area contributed by atoms with Gasteiger partial charge in [-0.1, -0.05) is 17.7 Å². The van der Waals surface area contributed by atoms with Gasteiger partial charge in [-0.05, 0) is 49.9 Å². The fourth-order valence-electron chi connectivity index (χ4n) is 3.96. The Kier molecular flexibility index (Phi) is 5.95. The number of fused-ring (bicyclic) bond motifs is 1. The maximum absolute atomic E-state index is 13.2. The van der Waals surface area contributed by atoms with Crippen LogP contribution in [0.4, 0.5) is 17.1 Å². The van der Waals surface area contributed by atoms with E-state index < -0.39 is 10.0 Å². The molecular formula is C21H26ClN5O4S. The summed E-state index contributed by atoms with van der Waals surface area (Å²) in [6.45, 7) is 2.50. The van der Waals surface area contributed by atoms with Gasteiger partial charge in [0.1, 0.15) is 10.5 Å². The molecule has 1 aromatic carbocycles. The molecular weight excluding hydrogens is 454 g/mol. The molecule has 4 rings (SSSR count). The molecule has 32 heavy (non-hydrogen) atoms. The smallest absolute Gasteiger partial charge is 0.278 e. The third kappa shape index (κ3) is 4.10. The topological polar surface area (TPSA) is 98.5 Å². The second kappa shape index (κ2) is 8.42. The molecule has 2 aromatic heterocycles. The van der Waals surface area contributed by atoms with Crippen molar-refractivity contribution in [1.29, 1.82) is 0 Å². The lowest BCUT2D eigenvalue weighted by atomic mass is 10.1. The van der Waals surface area contributed by atoms with Crippen LogP contribution in [0.15, 0.2) is 29.1 Å². The molecule has 3 aromatic rings. The molecule has 1 atom stereocenters. The highest BCUT2D eigenvalue weighted by molar-refractivity contribution is 7.92. The Morgan fingerprint density at radius 3 is 2.66 bits per heavy atom. The molecule has 1 aliphatic heterocycles. The van der Waals surface area contributed by atoms with Gasteiger partial charge in [0.05, 0.1) is 23.3 Å². The number of benzene rings is 1. The van der Waals surface area contributed by atoms with Gasteiger partial charge in [0.15, 0.2) is 11.9 Å². The highest BCUT2D eigenvalue weighted by Gasteiger charge is 2.25. The van der Waals surface area contributed by atoms with Crippen LogP contribution in [0.5, 0.6) is 0 Å². The number of halogens is 1. The Balaban J connectivity index is 1.88. The Bertz CT molecular complexity index is 1340. The minimum Gasteiger partial charge on any atom is -0.357 e. The fourth-order valence-corrected chi connectivity index (χ4v) is 4.65. The highest BCUT2D eigenvalue weighted by atomic mass is 35.5. The number of aromatic nitrogens is 3. The number of nitrogens with zero attached hydrogens (tertiary/aromatic N) is 4. The molecule has 172 valence electrons. The summed E-state index contributed by atoms with van der Waals surface area (Å²) in [5, 5.41) is 3.79. The van der Waals surface area contributed by atoms with Crippen molar-refractivity contribution < 1.29 is 13.2 Å². The first-order valence-corrected chi connectivity index (χ1v) is 12.5. The summed E-state index contributed by atoms with van der Waals surface area (Å²) in [5.41, 5.74) is 2.50. The van der Waals surface area contributed by atoms with Gasteiger partial charge >= 0.3 is 0 Å². The van der Waals surface area contributed by atoms with E-state index in [2.05, 4.69) is 10.3 Å². The lowest BCUT2D eigenvalue weighted by molar-refractivity contribution is -0.0431. The number of ether oxygens (including phenoxy) is 1. The number of hydrogen-bond acceptors (Lipinski definition) is 6. The summed E-state index contributed by atoms with van der Waals surface area (Å²) in [6, 6.07) is 6.98. The fraction of sp³-hybridized carbons (Fsp3) is 0.429. The average Bonchev–Trinajstić information content (AvgIpc) is 2.98. The molecule has 0 amide bonds. The van der Waals surface area contributed by atoms with E-state index >= 15 is 0 Å². The van der Waals surface area contributed by atoms with E-state index in [1.54, 1.807) is 29.9 Å². The quantitative estimate of drug-likeness (QED) is 0.562. The van der Waals surface area contributed by atoms with Crippen LogP contribution in [0.2, 0.25) is 5.15 Å². The number of rotatable bonds is 5. The predicted octanol–water partition coefficient (Wildman–Crippen LogP) is 3.54. The van der Waals surface area contributed by atoms with Gasteiger partial charge in [0, 0.05) is 20.7 Å². The van der Waals surface area contributed by atoms with Gasteiger partial charge in [0.25, 0.3) is 5.56 Å². The average molecular weight is 480 g/mol. The van der Waals surface area contributed by atoms with Crippen LogP contribution in [0.1, 0.15) is 31.1 Å². The molecule has 1 saturated heterocycles. The molecule has 1 N–H and O–H groups in total. The lowest BCUT2D eigenvalue weighted by Crippen LogP contribution is -2.27. The number of sulfonamides is 1. The standard InChI is InChI=1S/C21H26ClN5O4S/c1-13-8-9-14(16(11-13)26(3)32(4,29)30)23-15-12-17(22)24-20-19(15)21(28)25(2)27(20)18-7-5-6-10-31-18/h8-9,11-12,18H,5-7,10H2,1-4H3,(H,23,24). The number of pyridine rings is 1. The van der Waals surface area contributed by atoms with E-state index in [9.17, 15) is 13.2 Å². The Morgan fingerprint density at radius 1 is 1.25 bits per heavy atom. The maximum Gasteiger partial charge on any atom is 0.278 e. The molecule has 0 saturated carbocycles. The number of anilines is 3. The van der Waals surface area contributed by atoms with Crippen LogP contribution in [0, 0.1) is 6.92 Å². The number of nitrogens with one attached hydrogen (secondary N) is 1. The van der Waals surface area contributed by atoms with Crippen molar-refractivity contribution in [3.8, 4) is 0 Å². The summed E-state index contributed by atoms with van der Waals surface area (Å²) in [6.07, 6.45) is 3.59. The Hall–Kier alpha value is -2.56. The zero-order chi connectivity index (χ0) is 23.2. The first kappa shape index (κ1) is 22.6. The zero-order valence-electron chi connectivity index (χ0n) is 18.4. The zero-order valence-corrected chi connectivity index (χ0v) is 20.0. The van der Waals surface area contributed by atoms with Crippen molar-refractivity contribution >= 4 is 49.7 Å². The van der Waals surface area contributed by atoms with Crippen LogP contribution in [-0.4, -0.2) is 42.7 Å². The summed E-state index contributed by atoms with van der Waals surface area (Å²) in [7, 11) is -0.334. The van der Waals surface area contributed by atoms with Crippen molar-refractivity contribution in [3.63, 3.8) is 0 Å². The summed E-state index contributed by atoms with van der Waals surface area (Å²) >= 11 is 6.34. The van der Waals surface area contributed by atoms with E-state index in [4.69, 9.17) is 16.3 Å². The van der Waals surface area contributed by atoms with Gasteiger partial charge in [-0.2, -0.15) is 0 Å². The summed E-state index contributed by atoms with van der Waals surface area (Å²) < 4.78 is 34.7. The van der Waals surface area contributed by atoms with Gasteiger partial charge in [-0.25, -0.2) is 22.8 Å². The normalized spacial score (nSPS) is 17.0. The van der Waals surface area contributed by atoms with Crippen molar-refractivity contribution in [2.75, 3.05) is 29.5 Å². The van der Waals surface area contributed by atoms with E-state index in [-0.39, 0.29) is 16.9 Å². The first-order valence-electron chi connectivity index (χ1n) is 10.3. The van der Waals surface area contributed by atoms with E-state index in [0.29, 0.717) is 34.7 Å². The molecule has 0 radical (unpaired) electrons. The number of hydrogen-bond donors (Lipinski definition) is 1. The molecule has 3 heterocycles. The van der Waals surface area contributed by atoms with Gasteiger partial charge in [-0.3, -0.25) is 9.10 Å². The van der Waals surface area contributed by atoms with Crippen LogP contribution < -0.4 is 15.2 Å². The third-order valence-electron chi connectivity index (χ3n) is 5.70. The van der Waals surface area contributed by atoms with Gasteiger partial charge in [0.2, 0.25) is 10.0 Å². The predicted molar refractivity (Wildman–Crippen MR) is 127 cm³/mol. The maximum atomic E-state index is 13.2. The number of aryl methyl sites for hydroxylation is 1.